The first-order valence-electron chi connectivity index (χ1n) is 8.14. The zero-order chi connectivity index (χ0) is 17.9. The van der Waals surface area contributed by atoms with Crippen LogP contribution in [0.15, 0.2) is 94.6 Å². The molecule has 0 radical (unpaired) electrons. The Bertz CT molecular complexity index is 1080. The zero-order valence-electron chi connectivity index (χ0n) is 13.7. The molecule has 0 N–H and O–H groups in total. The summed E-state index contributed by atoms with van der Waals surface area (Å²) in [4.78, 5) is 16.5. The molecule has 3 aromatic rings. The van der Waals surface area contributed by atoms with Gasteiger partial charge in [0.1, 0.15) is 0 Å². The second-order valence-corrected chi connectivity index (χ2v) is 6.24. The summed E-state index contributed by atoms with van der Waals surface area (Å²) in [5, 5.41) is 2.45. The number of benzene rings is 3. The maximum atomic E-state index is 12.2. The molecule has 0 atom stereocenters. The fraction of sp³-hybridized carbons (Fsp3) is 0. The van der Waals surface area contributed by atoms with Crippen LogP contribution in [0.4, 0.5) is 0 Å². The number of fused-ring (bicyclic) bond motifs is 1. The van der Waals surface area contributed by atoms with Crippen LogP contribution in [0.25, 0.3) is 16.8 Å². The Hall–Kier alpha value is -3.17. The third-order valence-corrected chi connectivity index (χ3v) is 4.24. The number of carbonyl (C=O) groups excluding carboxylic acids is 1. The molecule has 0 unspecified atom stereocenters. The molecule has 0 fully saturated rings. The molecular weight excluding hydrogens is 346 g/mol. The van der Waals surface area contributed by atoms with Crippen molar-refractivity contribution in [2.24, 2.45) is 4.99 Å². The minimum Gasteiger partial charge on any atom is -0.402 e. The monoisotopic (exact) mass is 359 g/mol. The maximum Gasteiger partial charge on any atom is 0.363 e. The van der Waals surface area contributed by atoms with Gasteiger partial charge in [0.05, 0.1) is 0 Å². The van der Waals surface area contributed by atoms with Crippen molar-refractivity contribution in [1.29, 1.82) is 0 Å². The first kappa shape index (κ1) is 16.3. The summed E-state index contributed by atoms with van der Waals surface area (Å²) in [6.07, 6.45) is 3.29. The fourth-order valence-electron chi connectivity index (χ4n) is 2.82. The molecule has 3 nitrogen and oxygen atoms in total. The minimum absolute atomic E-state index is 0.185. The van der Waals surface area contributed by atoms with Crippen molar-refractivity contribution in [2.45, 2.75) is 0 Å². The van der Waals surface area contributed by atoms with E-state index in [4.69, 9.17) is 16.3 Å². The molecule has 0 saturated heterocycles. The summed E-state index contributed by atoms with van der Waals surface area (Å²) in [7, 11) is 0. The van der Waals surface area contributed by atoms with Crippen LogP contribution in [-0.4, -0.2) is 11.9 Å². The Kier molecular flexibility index (Phi) is 4.38. The van der Waals surface area contributed by atoms with Crippen molar-refractivity contribution in [3.05, 3.63) is 101 Å². The predicted molar refractivity (Wildman–Crippen MR) is 105 cm³/mol. The molecule has 1 aliphatic heterocycles. The van der Waals surface area contributed by atoms with E-state index in [2.05, 4.69) is 4.99 Å². The van der Waals surface area contributed by atoms with E-state index in [-0.39, 0.29) is 5.70 Å². The first-order valence-corrected chi connectivity index (χ1v) is 8.51. The lowest BCUT2D eigenvalue weighted by Gasteiger charge is -2.04. The van der Waals surface area contributed by atoms with E-state index in [0.717, 1.165) is 21.9 Å². The Balaban J connectivity index is 1.70. The Morgan fingerprint density at radius 1 is 0.923 bits per heavy atom. The van der Waals surface area contributed by atoms with Crippen LogP contribution in [0.1, 0.15) is 11.1 Å². The van der Waals surface area contributed by atoms with E-state index >= 15 is 0 Å². The number of hydrogen-bond acceptors (Lipinski definition) is 3. The van der Waals surface area contributed by atoms with E-state index in [1.807, 2.05) is 72.8 Å². The molecule has 126 valence electrons. The Labute approximate surface area is 155 Å². The summed E-state index contributed by atoms with van der Waals surface area (Å²) in [5.74, 6) is -0.213. The van der Waals surface area contributed by atoms with Gasteiger partial charge in [-0.15, -0.1) is 0 Å². The number of carbonyl (C=O) groups is 1. The maximum absolute atomic E-state index is 12.2. The van der Waals surface area contributed by atoms with Crippen molar-refractivity contribution in [2.75, 3.05) is 0 Å². The summed E-state index contributed by atoms with van der Waals surface area (Å²) < 4.78 is 5.38. The van der Waals surface area contributed by atoms with Gasteiger partial charge in [-0.1, -0.05) is 78.3 Å². The number of cyclic esters (lactones) is 1. The van der Waals surface area contributed by atoms with Crippen LogP contribution < -0.4 is 0 Å². The van der Waals surface area contributed by atoms with Crippen LogP contribution in [0.3, 0.4) is 0 Å². The van der Waals surface area contributed by atoms with Crippen molar-refractivity contribution in [3.63, 3.8) is 0 Å². The van der Waals surface area contributed by atoms with Gasteiger partial charge in [0.25, 0.3) is 0 Å². The highest BCUT2D eigenvalue weighted by molar-refractivity contribution is 6.33. The number of ether oxygens (including phenoxy) is 1. The number of allylic oxidation sites excluding steroid dienone is 2. The van der Waals surface area contributed by atoms with E-state index < -0.39 is 5.97 Å². The summed E-state index contributed by atoms with van der Waals surface area (Å²) in [6, 6.07) is 23.3. The number of halogens is 1. The van der Waals surface area contributed by atoms with Crippen molar-refractivity contribution in [3.8, 4) is 0 Å². The van der Waals surface area contributed by atoms with Gasteiger partial charge in [-0.25, -0.2) is 9.79 Å². The Morgan fingerprint density at radius 3 is 2.50 bits per heavy atom. The normalized spacial score (nSPS) is 16.0. The first-order chi connectivity index (χ1) is 12.7. The smallest absolute Gasteiger partial charge is 0.363 e. The van der Waals surface area contributed by atoms with Crippen LogP contribution in [-0.2, 0) is 9.53 Å². The van der Waals surface area contributed by atoms with Crippen LogP contribution >= 0.6 is 11.6 Å². The fourth-order valence-corrected chi connectivity index (χ4v) is 3.05. The summed E-state index contributed by atoms with van der Waals surface area (Å²) in [6.45, 7) is 0. The molecule has 0 amide bonds. The van der Waals surface area contributed by atoms with Gasteiger partial charge in [0.2, 0.25) is 5.90 Å². The number of nitrogens with zero attached hydrogens (tertiary/aromatic N) is 1. The van der Waals surface area contributed by atoms with Crippen molar-refractivity contribution < 1.29 is 9.53 Å². The topological polar surface area (TPSA) is 38.7 Å². The minimum atomic E-state index is -0.507. The number of rotatable bonds is 3. The Morgan fingerprint density at radius 2 is 1.65 bits per heavy atom. The van der Waals surface area contributed by atoms with Crippen LogP contribution in [0.2, 0.25) is 0 Å². The highest BCUT2D eigenvalue weighted by atomic mass is 35.5. The predicted octanol–water partition coefficient (Wildman–Crippen LogP) is 5.31. The highest BCUT2D eigenvalue weighted by Crippen LogP contribution is 2.25. The largest absolute Gasteiger partial charge is 0.402 e. The quantitative estimate of drug-likeness (QED) is 0.469. The van der Waals surface area contributed by atoms with Gasteiger partial charge < -0.3 is 4.74 Å². The lowest BCUT2D eigenvalue weighted by Crippen LogP contribution is -2.05. The molecule has 1 aliphatic rings. The van der Waals surface area contributed by atoms with Crippen molar-refractivity contribution >= 4 is 40.3 Å². The molecule has 3 aromatic carbocycles. The van der Waals surface area contributed by atoms with Crippen LogP contribution in [0, 0.1) is 0 Å². The van der Waals surface area contributed by atoms with Gasteiger partial charge in [-0.2, -0.15) is 0 Å². The number of aliphatic imine (C=N–C) groups is 1. The molecule has 0 bridgehead atoms. The highest BCUT2D eigenvalue weighted by Gasteiger charge is 2.25. The lowest BCUT2D eigenvalue weighted by molar-refractivity contribution is -0.130. The SMILES string of the molecule is O=C1OC(c2cccc3ccccc23)=NC1=C/C(Cl)=C/c1ccccc1. The molecule has 0 aliphatic carbocycles. The van der Waals surface area contributed by atoms with Gasteiger partial charge in [-0.3, -0.25) is 0 Å². The molecule has 26 heavy (non-hydrogen) atoms. The average molecular weight is 360 g/mol. The van der Waals surface area contributed by atoms with Crippen molar-refractivity contribution in [1.82, 2.24) is 0 Å². The van der Waals surface area contributed by atoms with Gasteiger partial charge in [0, 0.05) is 10.6 Å². The van der Waals surface area contributed by atoms with Crippen LogP contribution in [0.5, 0.6) is 0 Å². The number of esters is 1. The van der Waals surface area contributed by atoms with Gasteiger partial charge >= 0.3 is 5.97 Å². The van der Waals surface area contributed by atoms with Gasteiger partial charge in [0.15, 0.2) is 5.70 Å². The number of hydrogen-bond donors (Lipinski definition) is 0. The lowest BCUT2D eigenvalue weighted by atomic mass is 10.0. The van der Waals surface area contributed by atoms with E-state index in [0.29, 0.717) is 10.9 Å². The molecule has 1 heterocycles. The second-order valence-electron chi connectivity index (χ2n) is 5.80. The van der Waals surface area contributed by atoms with E-state index in [9.17, 15) is 4.79 Å². The average Bonchev–Trinajstić information content (AvgIpc) is 3.02. The molecule has 0 aromatic heterocycles. The summed E-state index contributed by atoms with van der Waals surface area (Å²) in [5.41, 5.74) is 1.91. The third-order valence-electron chi connectivity index (χ3n) is 4.02. The van der Waals surface area contributed by atoms with E-state index in [1.165, 1.54) is 6.08 Å². The molecule has 0 saturated carbocycles. The summed E-state index contributed by atoms with van der Waals surface area (Å²) >= 11 is 6.26. The van der Waals surface area contributed by atoms with E-state index in [1.54, 1.807) is 6.08 Å². The third kappa shape index (κ3) is 3.30. The molecule has 4 rings (SSSR count). The standard InChI is InChI=1S/C22H14ClNO2/c23-17(13-15-7-2-1-3-8-15)14-20-22(25)26-21(24-20)19-12-6-10-16-9-4-5-11-18(16)19/h1-14H/b17-13-,20-14?. The molecular formula is C22H14ClNO2. The van der Waals surface area contributed by atoms with Gasteiger partial charge in [-0.05, 0) is 34.6 Å². The molecule has 4 heteroatoms. The molecule has 0 spiro atoms. The second kappa shape index (κ2) is 6.98. The zero-order valence-corrected chi connectivity index (χ0v) is 14.5.